The number of halogens is 1. The van der Waals surface area contributed by atoms with Crippen LogP contribution in [0.15, 0.2) is 71.5 Å². The lowest BCUT2D eigenvalue weighted by Crippen LogP contribution is -2.33. The van der Waals surface area contributed by atoms with Crippen LogP contribution in [0, 0.1) is 5.82 Å². The lowest BCUT2D eigenvalue weighted by molar-refractivity contribution is -0.119. The van der Waals surface area contributed by atoms with Crippen LogP contribution < -0.4 is 10.9 Å². The minimum Gasteiger partial charge on any atom is -0.324 e. The van der Waals surface area contributed by atoms with E-state index in [0.29, 0.717) is 16.9 Å². The number of benzene rings is 2. The standard InChI is InChI=1S/C19H16FN3O2/c1-13(19(25)21-16-5-3-2-4-6-16)23-18(24)12-11-17(22-23)14-7-9-15(20)10-8-14/h2-13H,1H3,(H,21,25). The van der Waals surface area contributed by atoms with Crippen molar-refractivity contribution in [3.63, 3.8) is 0 Å². The maximum atomic E-state index is 13.1. The van der Waals surface area contributed by atoms with Gasteiger partial charge in [0.15, 0.2) is 0 Å². The van der Waals surface area contributed by atoms with E-state index in [1.165, 1.54) is 18.2 Å². The molecule has 1 aromatic heterocycles. The molecule has 1 amide bonds. The van der Waals surface area contributed by atoms with Gasteiger partial charge in [-0.3, -0.25) is 9.59 Å². The number of nitrogens with one attached hydrogen (secondary N) is 1. The van der Waals surface area contributed by atoms with Crippen LogP contribution in [0.4, 0.5) is 10.1 Å². The fourth-order valence-corrected chi connectivity index (χ4v) is 2.36. The summed E-state index contributed by atoms with van der Waals surface area (Å²) in [6, 6.07) is 16.8. The molecule has 0 radical (unpaired) electrons. The van der Waals surface area contributed by atoms with E-state index >= 15 is 0 Å². The lowest BCUT2D eigenvalue weighted by Gasteiger charge is -2.15. The molecule has 3 aromatic rings. The largest absolute Gasteiger partial charge is 0.324 e. The Hall–Kier alpha value is -3.28. The van der Waals surface area contributed by atoms with E-state index in [1.807, 2.05) is 6.07 Å². The highest BCUT2D eigenvalue weighted by molar-refractivity contribution is 5.93. The molecule has 1 unspecified atom stereocenters. The van der Waals surface area contributed by atoms with Gasteiger partial charge in [-0.2, -0.15) is 5.10 Å². The van der Waals surface area contributed by atoms with Crippen molar-refractivity contribution in [1.82, 2.24) is 9.78 Å². The SMILES string of the molecule is CC(C(=O)Nc1ccccc1)n1nc(-c2ccc(F)cc2)ccc1=O. The molecule has 5 nitrogen and oxygen atoms in total. The molecule has 0 bridgehead atoms. The fraction of sp³-hybridized carbons (Fsp3) is 0.105. The Balaban J connectivity index is 1.88. The molecule has 1 atom stereocenters. The van der Waals surface area contributed by atoms with Gasteiger partial charge in [0, 0.05) is 17.3 Å². The Bertz CT molecular complexity index is 937. The number of carbonyl (C=O) groups is 1. The van der Waals surface area contributed by atoms with E-state index in [1.54, 1.807) is 49.4 Å². The molecule has 3 rings (SSSR count). The summed E-state index contributed by atoms with van der Waals surface area (Å²) in [5.74, 6) is -0.704. The van der Waals surface area contributed by atoms with Crippen LogP contribution in [-0.2, 0) is 4.79 Å². The second kappa shape index (κ2) is 7.09. The molecule has 126 valence electrons. The maximum Gasteiger partial charge on any atom is 0.267 e. The molecule has 6 heteroatoms. The molecule has 0 spiro atoms. The number of para-hydroxylation sites is 1. The molecule has 0 saturated heterocycles. The predicted octanol–water partition coefficient (Wildman–Crippen LogP) is 3.25. The van der Waals surface area contributed by atoms with Gasteiger partial charge in [-0.05, 0) is 49.4 Å². The van der Waals surface area contributed by atoms with Gasteiger partial charge in [-0.1, -0.05) is 18.2 Å². The lowest BCUT2D eigenvalue weighted by atomic mass is 10.1. The summed E-state index contributed by atoms with van der Waals surface area (Å²) in [7, 11) is 0. The normalized spacial score (nSPS) is 11.8. The summed E-state index contributed by atoms with van der Waals surface area (Å²) >= 11 is 0. The molecule has 0 saturated carbocycles. The first-order valence-corrected chi connectivity index (χ1v) is 7.76. The average Bonchev–Trinajstić information content (AvgIpc) is 2.63. The third-order valence-electron chi connectivity index (χ3n) is 3.75. The van der Waals surface area contributed by atoms with Crippen molar-refractivity contribution in [2.45, 2.75) is 13.0 Å². The molecular weight excluding hydrogens is 321 g/mol. The Morgan fingerprint density at radius 2 is 1.72 bits per heavy atom. The van der Waals surface area contributed by atoms with Gasteiger partial charge in [0.1, 0.15) is 11.9 Å². The van der Waals surface area contributed by atoms with Crippen LogP contribution in [0.3, 0.4) is 0 Å². The van der Waals surface area contributed by atoms with E-state index < -0.39 is 6.04 Å². The number of rotatable bonds is 4. The summed E-state index contributed by atoms with van der Waals surface area (Å²) in [5, 5.41) is 7.00. The monoisotopic (exact) mass is 337 g/mol. The van der Waals surface area contributed by atoms with Crippen molar-refractivity contribution in [2.24, 2.45) is 0 Å². The van der Waals surface area contributed by atoms with E-state index in [-0.39, 0.29) is 17.3 Å². The number of amides is 1. The van der Waals surface area contributed by atoms with Crippen LogP contribution in [0.25, 0.3) is 11.3 Å². The number of carbonyl (C=O) groups excluding carboxylic acids is 1. The topological polar surface area (TPSA) is 64.0 Å². The zero-order chi connectivity index (χ0) is 17.8. The van der Waals surface area contributed by atoms with Gasteiger partial charge in [0.2, 0.25) is 5.91 Å². The predicted molar refractivity (Wildman–Crippen MR) is 93.7 cm³/mol. The van der Waals surface area contributed by atoms with Gasteiger partial charge in [0.25, 0.3) is 5.56 Å². The maximum absolute atomic E-state index is 13.1. The number of nitrogens with zero attached hydrogens (tertiary/aromatic N) is 2. The van der Waals surface area contributed by atoms with Crippen molar-refractivity contribution in [2.75, 3.05) is 5.32 Å². The van der Waals surface area contributed by atoms with Gasteiger partial charge in [-0.15, -0.1) is 0 Å². The first-order chi connectivity index (χ1) is 12.0. The van der Waals surface area contributed by atoms with Crippen LogP contribution in [0.1, 0.15) is 13.0 Å². The Labute approximate surface area is 143 Å². The Kier molecular flexibility index (Phi) is 4.70. The summed E-state index contributed by atoms with van der Waals surface area (Å²) < 4.78 is 14.2. The number of anilines is 1. The van der Waals surface area contributed by atoms with Gasteiger partial charge < -0.3 is 5.32 Å². The van der Waals surface area contributed by atoms with Crippen molar-refractivity contribution < 1.29 is 9.18 Å². The van der Waals surface area contributed by atoms with Crippen LogP contribution in [0.2, 0.25) is 0 Å². The van der Waals surface area contributed by atoms with Crippen LogP contribution in [-0.4, -0.2) is 15.7 Å². The second-order valence-corrected chi connectivity index (χ2v) is 5.54. The van der Waals surface area contributed by atoms with Crippen molar-refractivity contribution in [1.29, 1.82) is 0 Å². The molecule has 0 aliphatic heterocycles. The quantitative estimate of drug-likeness (QED) is 0.795. The van der Waals surface area contributed by atoms with E-state index in [0.717, 1.165) is 4.68 Å². The molecule has 0 aliphatic carbocycles. The third-order valence-corrected chi connectivity index (χ3v) is 3.75. The first-order valence-electron chi connectivity index (χ1n) is 7.76. The summed E-state index contributed by atoms with van der Waals surface area (Å²) in [5.41, 5.74) is 1.40. The van der Waals surface area contributed by atoms with Crippen LogP contribution >= 0.6 is 0 Å². The number of hydrogen-bond acceptors (Lipinski definition) is 3. The zero-order valence-electron chi connectivity index (χ0n) is 13.5. The molecule has 1 heterocycles. The molecular formula is C19H16FN3O2. The number of aromatic nitrogens is 2. The molecule has 0 fully saturated rings. The fourth-order valence-electron chi connectivity index (χ4n) is 2.36. The van der Waals surface area contributed by atoms with Crippen LogP contribution in [0.5, 0.6) is 0 Å². The summed E-state index contributed by atoms with van der Waals surface area (Å²) in [6.45, 7) is 1.60. The van der Waals surface area contributed by atoms with Crippen molar-refractivity contribution >= 4 is 11.6 Å². The molecule has 2 aromatic carbocycles. The third kappa shape index (κ3) is 3.80. The smallest absolute Gasteiger partial charge is 0.267 e. The molecule has 1 N–H and O–H groups in total. The Morgan fingerprint density at radius 1 is 1.04 bits per heavy atom. The minimum atomic E-state index is -0.798. The summed E-state index contributed by atoms with van der Waals surface area (Å²) in [6.07, 6.45) is 0. The first kappa shape index (κ1) is 16.6. The van der Waals surface area contributed by atoms with Crippen molar-refractivity contribution in [3.8, 4) is 11.3 Å². The second-order valence-electron chi connectivity index (χ2n) is 5.54. The molecule has 0 aliphatic rings. The highest BCUT2D eigenvalue weighted by Gasteiger charge is 2.18. The highest BCUT2D eigenvalue weighted by atomic mass is 19.1. The van der Waals surface area contributed by atoms with E-state index in [2.05, 4.69) is 10.4 Å². The van der Waals surface area contributed by atoms with Gasteiger partial charge >= 0.3 is 0 Å². The minimum absolute atomic E-state index is 0.350. The van der Waals surface area contributed by atoms with Gasteiger partial charge in [0.05, 0.1) is 5.69 Å². The summed E-state index contributed by atoms with van der Waals surface area (Å²) in [4.78, 5) is 24.5. The van der Waals surface area contributed by atoms with Crippen molar-refractivity contribution in [3.05, 3.63) is 82.9 Å². The van der Waals surface area contributed by atoms with Gasteiger partial charge in [-0.25, -0.2) is 9.07 Å². The van der Waals surface area contributed by atoms with E-state index in [4.69, 9.17) is 0 Å². The Morgan fingerprint density at radius 3 is 2.40 bits per heavy atom. The zero-order valence-corrected chi connectivity index (χ0v) is 13.5. The highest BCUT2D eigenvalue weighted by Crippen LogP contribution is 2.17. The van der Waals surface area contributed by atoms with E-state index in [9.17, 15) is 14.0 Å². The number of hydrogen-bond donors (Lipinski definition) is 1. The average molecular weight is 337 g/mol. The molecule has 25 heavy (non-hydrogen) atoms.